The molecule has 0 aliphatic carbocycles. The Bertz CT molecular complexity index is 350. The zero-order valence-electron chi connectivity index (χ0n) is 21.7. The van der Waals surface area contributed by atoms with Gasteiger partial charge < -0.3 is 4.90 Å². The van der Waals surface area contributed by atoms with E-state index in [4.69, 9.17) is 0 Å². The minimum atomic E-state index is 0.208. The largest absolute Gasteiger partial charge is 0.304 e. The summed E-state index contributed by atoms with van der Waals surface area (Å²) in [5.74, 6) is 0. The van der Waals surface area contributed by atoms with Crippen molar-refractivity contribution in [3.05, 3.63) is 0 Å². The average molecular weight is 428 g/mol. The number of unbranched alkanes of at least 4 members (excludes halogenated alkanes) is 14. The van der Waals surface area contributed by atoms with Crippen LogP contribution >= 0.6 is 0 Å². The summed E-state index contributed by atoms with van der Waals surface area (Å²) >= 11 is 0. The summed E-state index contributed by atoms with van der Waals surface area (Å²) in [5, 5.41) is 0.208. The van der Waals surface area contributed by atoms with Crippen molar-refractivity contribution >= 4 is 10.2 Å². The molecule has 0 N–H and O–H groups in total. The fraction of sp³-hybridized carbons (Fsp3) is 1.00. The lowest BCUT2D eigenvalue weighted by molar-refractivity contribution is 0.00345. The molecule has 0 aromatic rings. The fourth-order valence-electron chi connectivity index (χ4n) is 4.73. The van der Waals surface area contributed by atoms with Gasteiger partial charge in [0.05, 0.1) is 5.29 Å². The minimum Gasteiger partial charge on any atom is -0.304 e. The SMILES string of the molecule is CCCCCCCCCCCCCCCCCC(N(C)C)C([SiH3])(N(C)C)N(C)C. The molecule has 0 spiro atoms. The standard InChI is InChI=1S/C25H57N3Si/c1-8-9-10-11-12-13-14-15-16-17-18-19-20-21-22-23-24(26(2)3)25(29,27(4)5)28(6)7/h24H,8-23H2,1-7,29H3. The molecule has 1 unspecified atom stereocenters. The normalized spacial score (nSPS) is 13.9. The minimum absolute atomic E-state index is 0.208. The summed E-state index contributed by atoms with van der Waals surface area (Å²) in [7, 11) is 14.7. The van der Waals surface area contributed by atoms with E-state index in [1.807, 2.05) is 0 Å². The molecule has 0 aromatic heterocycles. The third-order valence-electron chi connectivity index (χ3n) is 7.15. The molecule has 0 bridgehead atoms. The Kier molecular flexibility index (Phi) is 17.8. The molecule has 0 amide bonds. The molecule has 0 saturated carbocycles. The summed E-state index contributed by atoms with van der Waals surface area (Å²) in [4.78, 5) is 7.33. The van der Waals surface area contributed by atoms with Crippen LogP contribution in [0.2, 0.25) is 0 Å². The summed E-state index contributed by atoms with van der Waals surface area (Å²) < 4.78 is 0. The van der Waals surface area contributed by atoms with E-state index >= 15 is 0 Å². The summed E-state index contributed by atoms with van der Waals surface area (Å²) in [5.41, 5.74) is 0. The second-order valence-corrected chi connectivity index (χ2v) is 11.6. The van der Waals surface area contributed by atoms with Crippen molar-refractivity contribution < 1.29 is 0 Å². The van der Waals surface area contributed by atoms with E-state index < -0.39 is 0 Å². The van der Waals surface area contributed by atoms with Gasteiger partial charge >= 0.3 is 0 Å². The fourth-order valence-corrected chi connectivity index (χ4v) is 5.53. The van der Waals surface area contributed by atoms with Gasteiger partial charge in [0.1, 0.15) is 0 Å². The molecule has 176 valence electrons. The first kappa shape index (κ1) is 29.1. The van der Waals surface area contributed by atoms with Crippen LogP contribution in [0.4, 0.5) is 0 Å². The third-order valence-corrected chi connectivity index (χ3v) is 9.60. The molecule has 1 atom stereocenters. The Balaban J connectivity index is 3.75. The lowest BCUT2D eigenvalue weighted by Gasteiger charge is -2.50. The Morgan fingerprint density at radius 3 is 1.14 bits per heavy atom. The van der Waals surface area contributed by atoms with E-state index in [9.17, 15) is 0 Å². The molecule has 0 aliphatic rings. The molecule has 3 nitrogen and oxygen atoms in total. The number of rotatable bonds is 20. The topological polar surface area (TPSA) is 9.72 Å². The van der Waals surface area contributed by atoms with Crippen LogP contribution in [0.15, 0.2) is 0 Å². The van der Waals surface area contributed by atoms with Gasteiger partial charge in [-0.25, -0.2) is 0 Å². The number of nitrogens with zero attached hydrogens (tertiary/aromatic N) is 3. The van der Waals surface area contributed by atoms with Crippen molar-refractivity contribution in [2.24, 2.45) is 0 Å². The van der Waals surface area contributed by atoms with E-state index in [1.54, 1.807) is 0 Å². The van der Waals surface area contributed by atoms with Crippen molar-refractivity contribution in [1.29, 1.82) is 0 Å². The molecule has 0 aliphatic heterocycles. The predicted molar refractivity (Wildman–Crippen MR) is 137 cm³/mol. The van der Waals surface area contributed by atoms with Gasteiger partial charge in [0, 0.05) is 16.3 Å². The Morgan fingerprint density at radius 2 is 0.862 bits per heavy atom. The Hall–Kier alpha value is 0.0969. The van der Waals surface area contributed by atoms with Gasteiger partial charge in [-0.2, -0.15) is 0 Å². The molecule has 0 aromatic carbocycles. The van der Waals surface area contributed by atoms with Gasteiger partial charge in [-0.3, -0.25) is 9.80 Å². The quantitative estimate of drug-likeness (QED) is 0.148. The Labute approximate surface area is 188 Å². The number of hydrogen-bond acceptors (Lipinski definition) is 3. The summed E-state index contributed by atoms with van der Waals surface area (Å²) in [6.45, 7) is 2.30. The highest BCUT2D eigenvalue weighted by molar-refractivity contribution is 6.15. The summed E-state index contributed by atoms with van der Waals surface area (Å²) in [6.07, 6.45) is 22.9. The van der Waals surface area contributed by atoms with Crippen molar-refractivity contribution in [1.82, 2.24) is 14.7 Å². The van der Waals surface area contributed by atoms with Crippen LogP contribution in [0.3, 0.4) is 0 Å². The second-order valence-electron chi connectivity index (χ2n) is 10.1. The maximum atomic E-state index is 2.46. The van der Waals surface area contributed by atoms with Crippen molar-refractivity contribution in [2.75, 3.05) is 42.3 Å². The first-order chi connectivity index (χ1) is 13.8. The van der Waals surface area contributed by atoms with Crippen LogP contribution in [0.1, 0.15) is 110 Å². The third kappa shape index (κ3) is 12.5. The van der Waals surface area contributed by atoms with Crippen LogP contribution in [-0.4, -0.2) is 78.6 Å². The predicted octanol–water partition coefficient (Wildman–Crippen LogP) is 5.32. The summed E-state index contributed by atoms with van der Waals surface area (Å²) in [6, 6.07) is 0.612. The highest BCUT2D eigenvalue weighted by atomic mass is 28.1. The molecule has 0 fully saturated rings. The number of likely N-dealkylation sites (N-methyl/N-ethyl adjacent to an activating group) is 3. The van der Waals surface area contributed by atoms with E-state index in [2.05, 4.69) is 63.9 Å². The zero-order chi connectivity index (χ0) is 22.1. The lowest BCUT2D eigenvalue weighted by atomic mass is 10.0. The van der Waals surface area contributed by atoms with Crippen LogP contribution in [0, 0.1) is 0 Å². The van der Waals surface area contributed by atoms with Crippen molar-refractivity contribution in [2.45, 2.75) is 121 Å². The molecule has 0 radical (unpaired) electrons. The van der Waals surface area contributed by atoms with Gasteiger partial charge in [0.2, 0.25) is 0 Å². The van der Waals surface area contributed by atoms with Crippen LogP contribution in [-0.2, 0) is 0 Å². The first-order valence-electron chi connectivity index (χ1n) is 12.8. The molecule has 0 saturated heterocycles. The van der Waals surface area contributed by atoms with Crippen LogP contribution in [0.5, 0.6) is 0 Å². The highest BCUT2D eigenvalue weighted by Gasteiger charge is 2.38. The molecule has 4 heteroatoms. The van der Waals surface area contributed by atoms with Crippen LogP contribution < -0.4 is 0 Å². The van der Waals surface area contributed by atoms with E-state index in [-0.39, 0.29) is 5.29 Å². The van der Waals surface area contributed by atoms with E-state index in [1.165, 1.54) is 103 Å². The Morgan fingerprint density at radius 1 is 0.552 bits per heavy atom. The maximum absolute atomic E-state index is 2.46. The van der Waals surface area contributed by atoms with Gasteiger partial charge in [-0.15, -0.1) is 0 Å². The van der Waals surface area contributed by atoms with Crippen molar-refractivity contribution in [3.63, 3.8) is 0 Å². The van der Waals surface area contributed by atoms with E-state index in [0.717, 1.165) is 10.2 Å². The second kappa shape index (κ2) is 17.7. The van der Waals surface area contributed by atoms with Gasteiger partial charge in [-0.05, 0) is 48.7 Å². The van der Waals surface area contributed by atoms with Crippen molar-refractivity contribution in [3.8, 4) is 0 Å². The molecule has 0 heterocycles. The maximum Gasteiger partial charge on any atom is 0.0666 e. The monoisotopic (exact) mass is 427 g/mol. The van der Waals surface area contributed by atoms with Gasteiger partial charge in [0.15, 0.2) is 0 Å². The molecule has 0 rings (SSSR count). The smallest absolute Gasteiger partial charge is 0.0666 e. The van der Waals surface area contributed by atoms with Gasteiger partial charge in [0.25, 0.3) is 0 Å². The lowest BCUT2D eigenvalue weighted by Crippen LogP contribution is -2.66. The zero-order valence-corrected chi connectivity index (χ0v) is 23.7. The molecular weight excluding hydrogens is 370 g/mol. The van der Waals surface area contributed by atoms with Crippen LogP contribution in [0.25, 0.3) is 0 Å². The van der Waals surface area contributed by atoms with E-state index in [0.29, 0.717) is 6.04 Å². The molecule has 29 heavy (non-hydrogen) atoms. The van der Waals surface area contributed by atoms with Gasteiger partial charge in [-0.1, -0.05) is 103 Å². The number of hydrogen-bond donors (Lipinski definition) is 0. The molecular formula is C25H57N3Si. The average Bonchev–Trinajstić information content (AvgIpc) is 2.66. The first-order valence-corrected chi connectivity index (χ1v) is 13.8. The highest BCUT2D eigenvalue weighted by Crippen LogP contribution is 2.24.